The number of hydrogen-bond donors (Lipinski definition) is 0. The molecule has 6 heteroatoms. The summed E-state index contributed by atoms with van der Waals surface area (Å²) in [7, 11) is 3.39. The Hall–Kier alpha value is -3.02. The zero-order valence-corrected chi connectivity index (χ0v) is 13.7. The number of likely N-dealkylation sites (N-methyl/N-ethyl adjacent to an activating group) is 1. The predicted octanol–water partition coefficient (Wildman–Crippen LogP) is 2.75. The number of methoxy groups -OCH3 is 1. The number of imidazole rings is 1. The molecule has 0 radical (unpaired) electrons. The Kier molecular flexibility index (Phi) is 3.19. The van der Waals surface area contributed by atoms with Gasteiger partial charge in [-0.1, -0.05) is 0 Å². The summed E-state index contributed by atoms with van der Waals surface area (Å²) in [6.07, 6.45) is 3.40. The Morgan fingerprint density at radius 3 is 2.92 bits per heavy atom. The van der Waals surface area contributed by atoms with Gasteiger partial charge in [-0.3, -0.25) is 4.79 Å². The standard InChI is InChI=1S/C18H17N3O3/c1-11-18(22)20(2)14-9-12(6-7-15(14)24-11)13-10-21-8-4-5-16(23-3)17(21)19-13/h4-11H,1-3H3. The van der Waals surface area contributed by atoms with Crippen LogP contribution < -0.4 is 14.4 Å². The number of anilines is 1. The number of hydrogen-bond acceptors (Lipinski definition) is 4. The molecule has 3 aromatic rings. The number of ether oxygens (including phenoxy) is 2. The fourth-order valence-electron chi connectivity index (χ4n) is 2.96. The normalized spacial score (nSPS) is 16.9. The van der Waals surface area contributed by atoms with E-state index < -0.39 is 6.10 Å². The van der Waals surface area contributed by atoms with E-state index in [2.05, 4.69) is 4.98 Å². The Bertz CT molecular complexity index is 948. The van der Waals surface area contributed by atoms with E-state index in [0.29, 0.717) is 11.5 Å². The molecule has 0 saturated carbocycles. The summed E-state index contributed by atoms with van der Waals surface area (Å²) in [5, 5.41) is 0. The van der Waals surface area contributed by atoms with Gasteiger partial charge in [0.25, 0.3) is 5.91 Å². The van der Waals surface area contributed by atoms with Gasteiger partial charge in [-0.05, 0) is 37.3 Å². The first-order valence-electron chi connectivity index (χ1n) is 7.69. The molecule has 0 aliphatic carbocycles. The molecular weight excluding hydrogens is 306 g/mol. The highest BCUT2D eigenvalue weighted by molar-refractivity contribution is 6.00. The molecule has 6 nitrogen and oxygen atoms in total. The molecule has 1 unspecified atom stereocenters. The summed E-state index contributed by atoms with van der Waals surface area (Å²) in [6.45, 7) is 1.75. The first-order valence-corrected chi connectivity index (χ1v) is 7.69. The van der Waals surface area contributed by atoms with Gasteiger partial charge in [0.2, 0.25) is 0 Å². The molecular formula is C18H17N3O3. The lowest BCUT2D eigenvalue weighted by molar-refractivity contribution is -0.125. The van der Waals surface area contributed by atoms with Gasteiger partial charge in [0.05, 0.1) is 18.5 Å². The average molecular weight is 323 g/mol. The zero-order chi connectivity index (χ0) is 16.8. The molecule has 2 aromatic heterocycles. The highest BCUT2D eigenvalue weighted by Crippen LogP contribution is 2.36. The van der Waals surface area contributed by atoms with Gasteiger partial charge in [0.15, 0.2) is 17.5 Å². The van der Waals surface area contributed by atoms with Gasteiger partial charge in [-0.15, -0.1) is 0 Å². The van der Waals surface area contributed by atoms with Crippen molar-refractivity contribution in [1.82, 2.24) is 9.38 Å². The second-order valence-corrected chi connectivity index (χ2v) is 5.77. The van der Waals surface area contributed by atoms with Crippen LogP contribution in [-0.4, -0.2) is 35.6 Å². The number of nitrogens with zero attached hydrogens (tertiary/aromatic N) is 3. The lowest BCUT2D eigenvalue weighted by Crippen LogP contribution is -2.41. The Morgan fingerprint density at radius 1 is 1.29 bits per heavy atom. The molecule has 0 N–H and O–H groups in total. The van der Waals surface area contributed by atoms with E-state index >= 15 is 0 Å². The number of carbonyl (C=O) groups excluding carboxylic acids is 1. The minimum absolute atomic E-state index is 0.0590. The molecule has 4 rings (SSSR count). The summed E-state index contributed by atoms with van der Waals surface area (Å²) in [5.74, 6) is 1.36. The maximum Gasteiger partial charge on any atom is 0.267 e. The summed E-state index contributed by atoms with van der Waals surface area (Å²) in [6, 6.07) is 9.54. The molecule has 0 bridgehead atoms. The molecule has 1 atom stereocenters. The number of benzene rings is 1. The number of pyridine rings is 1. The fraction of sp³-hybridized carbons (Fsp3) is 0.222. The van der Waals surface area contributed by atoms with Crippen LogP contribution in [0.25, 0.3) is 16.9 Å². The Morgan fingerprint density at radius 2 is 2.12 bits per heavy atom. The molecule has 1 aliphatic heterocycles. The molecule has 1 aromatic carbocycles. The minimum atomic E-state index is -0.465. The lowest BCUT2D eigenvalue weighted by Gasteiger charge is -2.30. The number of amides is 1. The van der Waals surface area contributed by atoms with Crippen LogP contribution in [0.3, 0.4) is 0 Å². The van der Waals surface area contributed by atoms with Gasteiger partial charge >= 0.3 is 0 Å². The highest BCUT2D eigenvalue weighted by atomic mass is 16.5. The zero-order valence-electron chi connectivity index (χ0n) is 13.7. The van der Waals surface area contributed by atoms with Crippen LogP contribution in [0.2, 0.25) is 0 Å². The quantitative estimate of drug-likeness (QED) is 0.728. The van der Waals surface area contributed by atoms with Crippen molar-refractivity contribution < 1.29 is 14.3 Å². The summed E-state index contributed by atoms with van der Waals surface area (Å²) >= 11 is 0. The maximum atomic E-state index is 12.1. The van der Waals surface area contributed by atoms with E-state index in [1.165, 1.54) is 0 Å². The van der Waals surface area contributed by atoms with E-state index in [4.69, 9.17) is 9.47 Å². The third kappa shape index (κ3) is 2.11. The van der Waals surface area contributed by atoms with Gasteiger partial charge in [-0.25, -0.2) is 4.98 Å². The Balaban J connectivity index is 1.82. The Labute approximate surface area is 139 Å². The SMILES string of the molecule is COc1cccn2cc(-c3ccc4c(c3)N(C)C(=O)C(C)O4)nc12. The topological polar surface area (TPSA) is 56.1 Å². The summed E-state index contributed by atoms with van der Waals surface area (Å²) in [5.41, 5.74) is 3.22. The molecule has 3 heterocycles. The van der Waals surface area contributed by atoms with Crippen molar-refractivity contribution >= 4 is 17.2 Å². The van der Waals surface area contributed by atoms with E-state index in [1.807, 2.05) is 47.1 Å². The largest absolute Gasteiger partial charge is 0.493 e. The van der Waals surface area contributed by atoms with Crippen LogP contribution in [0.4, 0.5) is 5.69 Å². The number of aromatic nitrogens is 2. The van der Waals surface area contributed by atoms with Crippen LogP contribution in [0.1, 0.15) is 6.92 Å². The van der Waals surface area contributed by atoms with Gasteiger partial charge < -0.3 is 18.8 Å². The van der Waals surface area contributed by atoms with Crippen molar-refractivity contribution in [2.24, 2.45) is 0 Å². The van der Waals surface area contributed by atoms with Crippen molar-refractivity contribution in [3.63, 3.8) is 0 Å². The van der Waals surface area contributed by atoms with E-state index in [9.17, 15) is 4.79 Å². The third-order valence-electron chi connectivity index (χ3n) is 4.27. The monoisotopic (exact) mass is 323 g/mol. The van der Waals surface area contributed by atoms with E-state index in [0.717, 1.165) is 22.6 Å². The molecule has 0 saturated heterocycles. The van der Waals surface area contributed by atoms with E-state index in [-0.39, 0.29) is 5.91 Å². The number of carbonyl (C=O) groups is 1. The maximum absolute atomic E-state index is 12.1. The van der Waals surface area contributed by atoms with Crippen LogP contribution in [0.5, 0.6) is 11.5 Å². The van der Waals surface area contributed by atoms with E-state index in [1.54, 1.807) is 26.0 Å². The molecule has 0 fully saturated rings. The summed E-state index contributed by atoms with van der Waals surface area (Å²) in [4.78, 5) is 18.4. The molecule has 24 heavy (non-hydrogen) atoms. The van der Waals surface area contributed by atoms with Crippen LogP contribution in [-0.2, 0) is 4.79 Å². The van der Waals surface area contributed by atoms with Crippen molar-refractivity contribution in [3.05, 3.63) is 42.7 Å². The van der Waals surface area contributed by atoms with Crippen molar-refractivity contribution in [1.29, 1.82) is 0 Å². The molecule has 0 spiro atoms. The highest BCUT2D eigenvalue weighted by Gasteiger charge is 2.29. The smallest absolute Gasteiger partial charge is 0.267 e. The average Bonchev–Trinajstić information content (AvgIpc) is 3.03. The van der Waals surface area contributed by atoms with Gasteiger partial charge in [-0.2, -0.15) is 0 Å². The van der Waals surface area contributed by atoms with Gasteiger partial charge in [0.1, 0.15) is 5.75 Å². The molecule has 122 valence electrons. The van der Waals surface area contributed by atoms with Crippen molar-refractivity contribution in [2.75, 3.05) is 19.1 Å². The third-order valence-corrected chi connectivity index (χ3v) is 4.27. The summed E-state index contributed by atoms with van der Waals surface area (Å²) < 4.78 is 12.9. The van der Waals surface area contributed by atoms with Gasteiger partial charge in [0, 0.05) is 25.0 Å². The second kappa shape index (κ2) is 5.26. The predicted molar refractivity (Wildman–Crippen MR) is 90.7 cm³/mol. The lowest BCUT2D eigenvalue weighted by atomic mass is 10.1. The van der Waals surface area contributed by atoms with Crippen LogP contribution in [0, 0.1) is 0 Å². The minimum Gasteiger partial charge on any atom is -0.493 e. The fourth-order valence-corrected chi connectivity index (χ4v) is 2.96. The first-order chi connectivity index (χ1) is 11.6. The molecule has 1 aliphatic rings. The second-order valence-electron chi connectivity index (χ2n) is 5.77. The molecule has 1 amide bonds. The number of rotatable bonds is 2. The van der Waals surface area contributed by atoms with Crippen molar-refractivity contribution in [3.8, 4) is 22.8 Å². The van der Waals surface area contributed by atoms with Crippen molar-refractivity contribution in [2.45, 2.75) is 13.0 Å². The van der Waals surface area contributed by atoms with Crippen LogP contribution >= 0.6 is 0 Å². The van der Waals surface area contributed by atoms with Crippen LogP contribution in [0.15, 0.2) is 42.7 Å². The number of fused-ring (bicyclic) bond motifs is 2. The first kappa shape index (κ1) is 14.6.